The van der Waals surface area contributed by atoms with E-state index in [0.717, 1.165) is 5.56 Å². The third kappa shape index (κ3) is 3.88. The summed E-state index contributed by atoms with van der Waals surface area (Å²) >= 11 is 0. The molecule has 0 amide bonds. The maximum Gasteiger partial charge on any atom is 0.269 e. The molecule has 0 saturated heterocycles. The number of nitro groups is 1. The fourth-order valence-electron chi connectivity index (χ4n) is 2.62. The first-order valence-electron chi connectivity index (χ1n) is 6.94. The van der Waals surface area contributed by atoms with Crippen LogP contribution >= 0.6 is 0 Å². The number of aliphatic imine (C=N–C) groups is 1. The average molecular weight is 260 g/mol. The number of nitrogens with zero attached hydrogens (tertiary/aromatic N) is 2. The summed E-state index contributed by atoms with van der Waals surface area (Å²) in [6.45, 7) is 2.16. The first-order valence-corrected chi connectivity index (χ1v) is 6.94. The standard InChI is InChI=1S/C15H20N2O2/c1-12(14-5-3-2-4-6-14)16-11-13-7-9-15(10-8-13)17(18)19/h7-12,14H,2-6H2,1H3/t12-/m1/s1. The van der Waals surface area contributed by atoms with E-state index in [2.05, 4.69) is 11.9 Å². The maximum absolute atomic E-state index is 10.6. The zero-order valence-electron chi connectivity index (χ0n) is 11.3. The molecule has 2 rings (SSSR count). The van der Waals surface area contributed by atoms with Crippen LogP contribution < -0.4 is 0 Å². The molecule has 1 fully saturated rings. The molecule has 4 nitrogen and oxygen atoms in total. The molecule has 0 unspecified atom stereocenters. The predicted octanol–water partition coefficient (Wildman–Crippen LogP) is 3.98. The fraction of sp³-hybridized carbons (Fsp3) is 0.533. The smallest absolute Gasteiger partial charge is 0.269 e. The number of rotatable bonds is 4. The van der Waals surface area contributed by atoms with Crippen LogP contribution in [0.3, 0.4) is 0 Å². The predicted molar refractivity (Wildman–Crippen MR) is 76.7 cm³/mol. The van der Waals surface area contributed by atoms with E-state index in [1.807, 2.05) is 6.21 Å². The minimum Gasteiger partial charge on any atom is -0.289 e. The van der Waals surface area contributed by atoms with Gasteiger partial charge in [-0.15, -0.1) is 0 Å². The Morgan fingerprint density at radius 1 is 1.26 bits per heavy atom. The second-order valence-corrected chi connectivity index (χ2v) is 5.27. The first kappa shape index (κ1) is 13.7. The summed E-state index contributed by atoms with van der Waals surface area (Å²) in [4.78, 5) is 14.8. The van der Waals surface area contributed by atoms with Crippen molar-refractivity contribution in [2.24, 2.45) is 10.9 Å². The van der Waals surface area contributed by atoms with Gasteiger partial charge < -0.3 is 0 Å². The van der Waals surface area contributed by atoms with Crippen molar-refractivity contribution in [3.63, 3.8) is 0 Å². The molecular weight excluding hydrogens is 240 g/mol. The Balaban J connectivity index is 1.95. The van der Waals surface area contributed by atoms with Crippen LogP contribution in [0.1, 0.15) is 44.6 Å². The van der Waals surface area contributed by atoms with Crippen molar-refractivity contribution < 1.29 is 4.92 Å². The molecule has 1 saturated carbocycles. The van der Waals surface area contributed by atoms with Crippen LogP contribution in [0.5, 0.6) is 0 Å². The second-order valence-electron chi connectivity index (χ2n) is 5.27. The Morgan fingerprint density at radius 2 is 1.89 bits per heavy atom. The monoisotopic (exact) mass is 260 g/mol. The Morgan fingerprint density at radius 3 is 2.47 bits per heavy atom. The van der Waals surface area contributed by atoms with E-state index in [4.69, 9.17) is 0 Å². The summed E-state index contributed by atoms with van der Waals surface area (Å²) in [5.74, 6) is 0.697. The van der Waals surface area contributed by atoms with Gasteiger partial charge in [-0.1, -0.05) is 19.3 Å². The van der Waals surface area contributed by atoms with E-state index in [1.54, 1.807) is 12.1 Å². The molecule has 0 spiro atoms. The van der Waals surface area contributed by atoms with Crippen LogP contribution in [0.25, 0.3) is 0 Å². The molecule has 0 heterocycles. The normalized spacial score (nSPS) is 18.6. The Hall–Kier alpha value is -1.71. The van der Waals surface area contributed by atoms with Crippen molar-refractivity contribution in [3.05, 3.63) is 39.9 Å². The molecule has 0 aromatic heterocycles. The van der Waals surface area contributed by atoms with E-state index in [0.29, 0.717) is 12.0 Å². The van der Waals surface area contributed by atoms with Gasteiger partial charge in [-0.05, 0) is 43.4 Å². The summed E-state index contributed by atoms with van der Waals surface area (Å²) in [6.07, 6.45) is 8.39. The summed E-state index contributed by atoms with van der Waals surface area (Å²) < 4.78 is 0. The summed E-state index contributed by atoms with van der Waals surface area (Å²) in [6, 6.07) is 6.87. The van der Waals surface area contributed by atoms with Crippen molar-refractivity contribution in [1.29, 1.82) is 0 Å². The molecule has 1 aromatic rings. The molecule has 1 aromatic carbocycles. The van der Waals surface area contributed by atoms with Gasteiger partial charge in [0, 0.05) is 24.4 Å². The number of nitro benzene ring substituents is 1. The van der Waals surface area contributed by atoms with Crippen LogP contribution in [0.4, 0.5) is 5.69 Å². The van der Waals surface area contributed by atoms with Gasteiger partial charge in [-0.3, -0.25) is 15.1 Å². The Labute approximate surface area is 113 Å². The molecule has 0 aliphatic heterocycles. The van der Waals surface area contributed by atoms with Crippen molar-refractivity contribution in [1.82, 2.24) is 0 Å². The molecule has 102 valence electrons. The van der Waals surface area contributed by atoms with Gasteiger partial charge in [0.1, 0.15) is 0 Å². The molecule has 1 aliphatic carbocycles. The molecular formula is C15H20N2O2. The van der Waals surface area contributed by atoms with E-state index >= 15 is 0 Å². The van der Waals surface area contributed by atoms with Gasteiger partial charge in [0.15, 0.2) is 0 Å². The number of hydrogen-bond acceptors (Lipinski definition) is 3. The lowest BCUT2D eigenvalue weighted by Gasteiger charge is -2.24. The molecule has 0 radical (unpaired) electrons. The van der Waals surface area contributed by atoms with Crippen molar-refractivity contribution in [2.75, 3.05) is 0 Å². The minimum absolute atomic E-state index is 0.123. The van der Waals surface area contributed by atoms with Gasteiger partial charge in [0.05, 0.1) is 4.92 Å². The van der Waals surface area contributed by atoms with E-state index in [-0.39, 0.29) is 10.6 Å². The maximum atomic E-state index is 10.6. The van der Waals surface area contributed by atoms with E-state index in [9.17, 15) is 10.1 Å². The minimum atomic E-state index is -0.383. The number of non-ortho nitro benzene ring substituents is 1. The highest BCUT2D eigenvalue weighted by Crippen LogP contribution is 2.27. The highest BCUT2D eigenvalue weighted by molar-refractivity contribution is 5.80. The molecule has 0 bridgehead atoms. The molecule has 1 aliphatic rings. The third-order valence-electron chi connectivity index (χ3n) is 3.89. The fourth-order valence-corrected chi connectivity index (χ4v) is 2.62. The van der Waals surface area contributed by atoms with Gasteiger partial charge >= 0.3 is 0 Å². The van der Waals surface area contributed by atoms with Crippen LogP contribution in [0.2, 0.25) is 0 Å². The zero-order chi connectivity index (χ0) is 13.7. The lowest BCUT2D eigenvalue weighted by atomic mass is 9.85. The van der Waals surface area contributed by atoms with E-state index < -0.39 is 0 Å². The van der Waals surface area contributed by atoms with Crippen LogP contribution in [-0.4, -0.2) is 17.2 Å². The number of hydrogen-bond donors (Lipinski definition) is 0. The molecule has 0 N–H and O–H groups in total. The lowest BCUT2D eigenvalue weighted by Crippen LogP contribution is -2.18. The largest absolute Gasteiger partial charge is 0.289 e. The average Bonchev–Trinajstić information content (AvgIpc) is 2.46. The summed E-state index contributed by atoms with van der Waals surface area (Å²) in [5, 5.41) is 10.6. The summed E-state index contributed by atoms with van der Waals surface area (Å²) in [7, 11) is 0. The highest BCUT2D eigenvalue weighted by Gasteiger charge is 2.18. The number of benzene rings is 1. The van der Waals surface area contributed by atoms with Crippen molar-refractivity contribution in [3.8, 4) is 0 Å². The third-order valence-corrected chi connectivity index (χ3v) is 3.89. The zero-order valence-corrected chi connectivity index (χ0v) is 11.3. The van der Waals surface area contributed by atoms with Crippen molar-refractivity contribution in [2.45, 2.75) is 45.1 Å². The molecule has 1 atom stereocenters. The molecule has 19 heavy (non-hydrogen) atoms. The summed E-state index contributed by atoms with van der Waals surface area (Å²) in [5.41, 5.74) is 1.05. The second kappa shape index (κ2) is 6.45. The quantitative estimate of drug-likeness (QED) is 0.467. The Bertz CT molecular complexity index is 448. The van der Waals surface area contributed by atoms with Gasteiger partial charge in [0.25, 0.3) is 5.69 Å². The van der Waals surface area contributed by atoms with Gasteiger partial charge in [-0.25, -0.2) is 0 Å². The lowest BCUT2D eigenvalue weighted by molar-refractivity contribution is -0.384. The van der Waals surface area contributed by atoms with Crippen LogP contribution in [0.15, 0.2) is 29.3 Å². The first-order chi connectivity index (χ1) is 9.16. The molecule has 4 heteroatoms. The SMILES string of the molecule is C[C@@H](N=Cc1ccc([N+](=O)[O-])cc1)C1CCCCC1. The van der Waals surface area contributed by atoms with Gasteiger partial charge in [0.2, 0.25) is 0 Å². The Kier molecular flexibility index (Phi) is 4.66. The van der Waals surface area contributed by atoms with Crippen LogP contribution in [0, 0.1) is 16.0 Å². The van der Waals surface area contributed by atoms with E-state index in [1.165, 1.54) is 44.2 Å². The van der Waals surface area contributed by atoms with Crippen LogP contribution in [-0.2, 0) is 0 Å². The van der Waals surface area contributed by atoms with Gasteiger partial charge in [-0.2, -0.15) is 0 Å². The highest BCUT2D eigenvalue weighted by atomic mass is 16.6. The van der Waals surface area contributed by atoms with Crippen molar-refractivity contribution >= 4 is 11.9 Å². The topological polar surface area (TPSA) is 55.5 Å².